The number of hydrogen-bond acceptors (Lipinski definition) is 5. The summed E-state index contributed by atoms with van der Waals surface area (Å²) in [6.45, 7) is 2.07. The molecule has 6 rings (SSSR count). The van der Waals surface area contributed by atoms with Crippen LogP contribution in [0.4, 0.5) is 0 Å². The van der Waals surface area contributed by atoms with E-state index >= 15 is 0 Å². The molecular weight excluding hydrogens is 428 g/mol. The Hall–Kier alpha value is -3.51. The maximum Gasteiger partial charge on any atom is 0.253 e. The van der Waals surface area contributed by atoms with Gasteiger partial charge in [-0.3, -0.25) is 4.79 Å². The lowest BCUT2D eigenvalue weighted by Crippen LogP contribution is -2.21. The zero-order chi connectivity index (χ0) is 22.4. The number of carbonyl (C=O) groups excluding carboxylic acids is 1. The first-order valence-corrected chi connectivity index (χ1v) is 12.1. The molecule has 5 nitrogen and oxygen atoms in total. The molecule has 0 N–H and O–H groups in total. The van der Waals surface area contributed by atoms with Gasteiger partial charge in [0.15, 0.2) is 5.78 Å². The quantitative estimate of drug-likeness (QED) is 0.324. The number of thioether (sulfide) groups is 1. The van der Waals surface area contributed by atoms with Gasteiger partial charge in [0.2, 0.25) is 5.16 Å². The van der Waals surface area contributed by atoms with Crippen molar-refractivity contribution in [1.29, 1.82) is 0 Å². The molecule has 0 radical (unpaired) electrons. The third-order valence-corrected chi connectivity index (χ3v) is 7.23. The minimum Gasteiger partial charge on any atom is -0.294 e. The highest BCUT2D eigenvalue weighted by Crippen LogP contribution is 2.32. The first-order chi connectivity index (χ1) is 16.1. The monoisotopic (exact) mass is 450 g/mol. The Morgan fingerprint density at radius 3 is 2.67 bits per heavy atom. The number of fused-ring (bicyclic) bond motifs is 3. The highest BCUT2D eigenvalue weighted by atomic mass is 32.2. The van der Waals surface area contributed by atoms with Crippen LogP contribution in [0.2, 0.25) is 0 Å². The molecule has 0 aliphatic heterocycles. The summed E-state index contributed by atoms with van der Waals surface area (Å²) in [5.74, 6) is 1.60. The normalized spacial score (nSPS) is 15.8. The highest BCUT2D eigenvalue weighted by Gasteiger charge is 2.28. The molecule has 2 aromatic heterocycles. The van der Waals surface area contributed by atoms with Crippen LogP contribution in [0.25, 0.3) is 16.6 Å². The third-order valence-electron chi connectivity index (χ3n) is 6.35. The molecule has 0 amide bonds. The first-order valence-electron chi connectivity index (χ1n) is 11.1. The van der Waals surface area contributed by atoms with Crippen molar-refractivity contribution in [2.75, 3.05) is 0 Å². The Bertz CT molecular complexity index is 1500. The molecule has 162 valence electrons. The summed E-state index contributed by atoms with van der Waals surface area (Å²) in [7, 11) is 0. The molecular formula is C27H22N4OS. The minimum atomic E-state index is 0.122. The van der Waals surface area contributed by atoms with Crippen LogP contribution in [-0.4, -0.2) is 25.4 Å². The van der Waals surface area contributed by atoms with E-state index in [-0.39, 0.29) is 11.7 Å². The first kappa shape index (κ1) is 20.1. The minimum absolute atomic E-state index is 0.122. The number of nitrogens with zero attached hydrogens (tertiary/aromatic N) is 4. The molecule has 0 fully saturated rings. The van der Waals surface area contributed by atoms with E-state index in [1.165, 1.54) is 27.5 Å². The summed E-state index contributed by atoms with van der Waals surface area (Å²) >= 11 is 1.59. The summed E-state index contributed by atoms with van der Waals surface area (Å²) in [6.07, 6.45) is 3.05. The Kier molecular flexibility index (Phi) is 4.95. The number of Topliss-reactive ketones (excluding diaryl/α,β-unsaturated/α-hetero) is 1. The van der Waals surface area contributed by atoms with Crippen molar-refractivity contribution >= 4 is 34.1 Å². The van der Waals surface area contributed by atoms with E-state index in [4.69, 9.17) is 4.98 Å². The van der Waals surface area contributed by atoms with E-state index in [0.29, 0.717) is 22.9 Å². The Morgan fingerprint density at radius 1 is 0.970 bits per heavy atom. The molecule has 0 saturated carbocycles. The number of carbonyl (C=O) groups is 1. The SMILES string of the molecule is Cc1ccc([C@H]2CC(=O)c3cn4nc(SCc5cccc6ccccc56)nc4nc3C2)cc1. The van der Waals surface area contributed by atoms with Crippen LogP contribution in [0.5, 0.6) is 0 Å². The zero-order valence-corrected chi connectivity index (χ0v) is 19.0. The second-order valence-corrected chi connectivity index (χ2v) is 9.55. The summed E-state index contributed by atoms with van der Waals surface area (Å²) in [4.78, 5) is 22.3. The fraction of sp³-hybridized carbons (Fsp3) is 0.185. The van der Waals surface area contributed by atoms with Gasteiger partial charge in [-0.25, -0.2) is 9.50 Å². The van der Waals surface area contributed by atoms with Crippen molar-refractivity contribution in [3.05, 3.63) is 101 Å². The standard InChI is InChI=1S/C27H22N4OS/c1-17-9-11-18(12-10-17)21-13-24-23(25(32)14-21)15-31-26(28-24)29-27(30-31)33-16-20-7-4-6-19-5-2-3-8-22(19)20/h2-12,15,21H,13-14,16H2,1H3/t21-/m1/s1. The number of aromatic nitrogens is 4. The van der Waals surface area contributed by atoms with Gasteiger partial charge in [0.25, 0.3) is 5.78 Å². The largest absolute Gasteiger partial charge is 0.294 e. The van der Waals surface area contributed by atoms with Gasteiger partial charge in [-0.15, -0.1) is 5.10 Å². The molecule has 1 atom stereocenters. The topological polar surface area (TPSA) is 60.2 Å². The van der Waals surface area contributed by atoms with E-state index in [1.807, 2.05) is 0 Å². The van der Waals surface area contributed by atoms with Crippen LogP contribution in [0.15, 0.2) is 78.1 Å². The molecule has 3 aromatic carbocycles. The van der Waals surface area contributed by atoms with Crippen molar-refractivity contribution < 1.29 is 4.79 Å². The van der Waals surface area contributed by atoms with Gasteiger partial charge in [0.1, 0.15) is 0 Å². The van der Waals surface area contributed by atoms with Crippen molar-refractivity contribution in [2.45, 2.75) is 36.6 Å². The third kappa shape index (κ3) is 3.80. The van der Waals surface area contributed by atoms with E-state index in [9.17, 15) is 4.79 Å². The van der Waals surface area contributed by atoms with Gasteiger partial charge in [0, 0.05) is 18.4 Å². The van der Waals surface area contributed by atoms with Gasteiger partial charge in [-0.05, 0) is 41.2 Å². The highest BCUT2D eigenvalue weighted by molar-refractivity contribution is 7.98. The number of ketones is 1. The summed E-state index contributed by atoms with van der Waals surface area (Å²) in [6, 6.07) is 23.2. The molecule has 5 aromatic rings. The lowest BCUT2D eigenvalue weighted by molar-refractivity contribution is 0.0962. The van der Waals surface area contributed by atoms with Crippen LogP contribution >= 0.6 is 11.8 Å². The number of hydrogen-bond donors (Lipinski definition) is 0. The number of benzene rings is 3. The van der Waals surface area contributed by atoms with Crippen LogP contribution in [0.1, 0.15) is 45.1 Å². The van der Waals surface area contributed by atoms with Gasteiger partial charge in [-0.1, -0.05) is 84.1 Å². The second-order valence-electron chi connectivity index (χ2n) is 8.61. The average molecular weight is 451 g/mol. The average Bonchev–Trinajstić information content (AvgIpc) is 3.24. The smallest absolute Gasteiger partial charge is 0.253 e. The van der Waals surface area contributed by atoms with E-state index < -0.39 is 0 Å². The van der Waals surface area contributed by atoms with E-state index in [0.717, 1.165) is 17.9 Å². The van der Waals surface area contributed by atoms with Crippen LogP contribution in [0.3, 0.4) is 0 Å². The molecule has 1 aliphatic carbocycles. The van der Waals surface area contributed by atoms with Gasteiger partial charge in [-0.2, -0.15) is 4.98 Å². The van der Waals surface area contributed by atoms with Gasteiger partial charge < -0.3 is 0 Å². The second kappa shape index (κ2) is 8.12. The maximum atomic E-state index is 12.9. The molecule has 33 heavy (non-hydrogen) atoms. The molecule has 6 heteroatoms. The summed E-state index contributed by atoms with van der Waals surface area (Å²) in [5, 5.41) is 7.74. The number of rotatable bonds is 4. The lowest BCUT2D eigenvalue weighted by atomic mass is 9.82. The lowest BCUT2D eigenvalue weighted by Gasteiger charge is -2.23. The van der Waals surface area contributed by atoms with Gasteiger partial charge in [0.05, 0.1) is 11.3 Å². The predicted octanol–water partition coefficient (Wildman–Crippen LogP) is 5.79. The Balaban J connectivity index is 1.27. The molecule has 0 saturated heterocycles. The molecule has 0 unspecified atom stereocenters. The fourth-order valence-corrected chi connectivity index (χ4v) is 5.39. The molecule has 0 bridgehead atoms. The predicted molar refractivity (Wildman–Crippen MR) is 131 cm³/mol. The van der Waals surface area contributed by atoms with Crippen molar-refractivity contribution in [1.82, 2.24) is 19.6 Å². The fourth-order valence-electron chi connectivity index (χ4n) is 4.56. The van der Waals surface area contributed by atoms with Crippen LogP contribution < -0.4 is 0 Å². The van der Waals surface area contributed by atoms with Gasteiger partial charge >= 0.3 is 0 Å². The van der Waals surface area contributed by atoms with E-state index in [2.05, 4.69) is 83.7 Å². The van der Waals surface area contributed by atoms with Crippen LogP contribution in [-0.2, 0) is 12.2 Å². The van der Waals surface area contributed by atoms with Crippen LogP contribution in [0, 0.1) is 6.92 Å². The Morgan fingerprint density at radius 2 is 1.79 bits per heavy atom. The molecule has 1 aliphatic rings. The van der Waals surface area contributed by atoms with Crippen molar-refractivity contribution in [3.63, 3.8) is 0 Å². The summed E-state index contributed by atoms with van der Waals surface area (Å²) < 4.78 is 1.65. The maximum absolute atomic E-state index is 12.9. The van der Waals surface area contributed by atoms with Crippen molar-refractivity contribution in [2.24, 2.45) is 0 Å². The zero-order valence-electron chi connectivity index (χ0n) is 18.2. The summed E-state index contributed by atoms with van der Waals surface area (Å²) in [5.41, 5.74) is 5.15. The molecule has 2 heterocycles. The molecule has 0 spiro atoms. The van der Waals surface area contributed by atoms with E-state index in [1.54, 1.807) is 22.5 Å². The Labute approximate surface area is 195 Å². The number of aryl methyl sites for hydroxylation is 1. The van der Waals surface area contributed by atoms with Crippen molar-refractivity contribution in [3.8, 4) is 0 Å².